The Bertz CT molecular complexity index is 417. The molecule has 1 atom stereocenters. The first kappa shape index (κ1) is 10.5. The Kier molecular flexibility index (Phi) is 2.45. The second kappa shape index (κ2) is 3.51. The lowest BCUT2D eigenvalue weighted by atomic mass is 9.69. The highest BCUT2D eigenvalue weighted by molar-refractivity contribution is 5.35. The normalized spacial score (nSPS) is 23.5. The predicted octanol–water partition coefficient (Wildman–Crippen LogP) is 2.94. The van der Waals surface area contributed by atoms with Crippen molar-refractivity contribution in [2.24, 2.45) is 0 Å². The number of aromatic nitrogens is 1. The Hall–Kier alpha value is -1.05. The van der Waals surface area contributed by atoms with Crippen molar-refractivity contribution < 1.29 is 0 Å². The Labute approximate surface area is 90.7 Å². The van der Waals surface area contributed by atoms with Crippen LogP contribution in [0.3, 0.4) is 0 Å². The molecule has 0 bridgehead atoms. The molecule has 2 nitrogen and oxygen atoms in total. The molecule has 1 aromatic rings. The van der Waals surface area contributed by atoms with Crippen LogP contribution in [0.4, 0.5) is 0 Å². The van der Waals surface area contributed by atoms with Gasteiger partial charge in [-0.2, -0.15) is 0 Å². The molecular weight excluding hydrogens is 186 g/mol. The molecule has 1 aromatic heterocycles. The van der Waals surface area contributed by atoms with Crippen LogP contribution >= 0.6 is 0 Å². The van der Waals surface area contributed by atoms with Crippen molar-refractivity contribution in [1.29, 1.82) is 0 Å². The van der Waals surface area contributed by atoms with Crippen LogP contribution in [0, 0.1) is 0 Å². The van der Waals surface area contributed by atoms with Gasteiger partial charge in [-0.1, -0.05) is 20.8 Å². The average molecular weight is 205 g/mol. The topological polar surface area (TPSA) is 32.9 Å². The highest BCUT2D eigenvalue weighted by Crippen LogP contribution is 2.42. The van der Waals surface area contributed by atoms with Crippen LogP contribution in [0.5, 0.6) is 0 Å². The summed E-state index contributed by atoms with van der Waals surface area (Å²) in [6, 6.07) is 1.79. The van der Waals surface area contributed by atoms with Crippen LogP contribution in [0.1, 0.15) is 57.1 Å². The summed E-state index contributed by atoms with van der Waals surface area (Å²) in [5.41, 5.74) is 2.80. The van der Waals surface area contributed by atoms with Crippen LogP contribution in [-0.4, -0.2) is 4.98 Å². The minimum absolute atomic E-state index is 0.0265. The largest absolute Gasteiger partial charge is 0.329 e. The summed E-state index contributed by atoms with van der Waals surface area (Å²) in [7, 11) is 0. The molecular formula is C13H19NO. The summed E-state index contributed by atoms with van der Waals surface area (Å²) in [4.78, 5) is 14.2. The van der Waals surface area contributed by atoms with Crippen molar-refractivity contribution in [1.82, 2.24) is 4.98 Å². The molecule has 82 valence electrons. The summed E-state index contributed by atoms with van der Waals surface area (Å²) < 4.78 is 0. The van der Waals surface area contributed by atoms with E-state index in [4.69, 9.17) is 0 Å². The third-order valence-electron chi connectivity index (χ3n) is 3.74. The van der Waals surface area contributed by atoms with Gasteiger partial charge in [0.2, 0.25) is 5.56 Å². The van der Waals surface area contributed by atoms with Crippen molar-refractivity contribution in [2.45, 2.75) is 51.4 Å². The monoisotopic (exact) mass is 205 g/mol. The SMILES string of the molecule is CCC1CCC(C)(C)c2cc(=O)[nH]cc21. The lowest BCUT2D eigenvalue weighted by Crippen LogP contribution is -2.28. The summed E-state index contributed by atoms with van der Waals surface area (Å²) in [6.07, 6.45) is 5.51. The fourth-order valence-corrected chi connectivity index (χ4v) is 2.66. The molecule has 0 fully saturated rings. The molecule has 0 saturated carbocycles. The second-order valence-corrected chi connectivity index (χ2v) is 5.19. The number of nitrogens with one attached hydrogen (secondary N) is 1. The number of aromatic amines is 1. The minimum atomic E-state index is 0.0265. The highest BCUT2D eigenvalue weighted by atomic mass is 16.1. The smallest absolute Gasteiger partial charge is 0.248 e. The molecule has 2 heteroatoms. The van der Waals surface area contributed by atoms with E-state index in [0.717, 1.165) is 6.42 Å². The summed E-state index contributed by atoms with van der Waals surface area (Å²) >= 11 is 0. The molecule has 1 heterocycles. The Balaban J connectivity index is 2.58. The maximum Gasteiger partial charge on any atom is 0.248 e. The Morgan fingerprint density at radius 1 is 1.53 bits per heavy atom. The third kappa shape index (κ3) is 1.73. The summed E-state index contributed by atoms with van der Waals surface area (Å²) in [6.45, 7) is 6.69. The number of hydrogen-bond acceptors (Lipinski definition) is 1. The van der Waals surface area contributed by atoms with Crippen LogP contribution in [0.25, 0.3) is 0 Å². The summed E-state index contributed by atoms with van der Waals surface area (Å²) in [5.74, 6) is 0.630. The van der Waals surface area contributed by atoms with E-state index >= 15 is 0 Å². The van der Waals surface area contributed by atoms with Crippen molar-refractivity contribution >= 4 is 0 Å². The quantitative estimate of drug-likeness (QED) is 0.751. The van der Waals surface area contributed by atoms with E-state index in [2.05, 4.69) is 25.8 Å². The van der Waals surface area contributed by atoms with E-state index in [-0.39, 0.29) is 11.0 Å². The molecule has 1 aliphatic rings. The number of rotatable bonds is 1. The van der Waals surface area contributed by atoms with Crippen LogP contribution in [0.15, 0.2) is 17.1 Å². The zero-order valence-electron chi connectivity index (χ0n) is 9.76. The lowest BCUT2D eigenvalue weighted by Gasteiger charge is -2.36. The number of pyridine rings is 1. The van der Waals surface area contributed by atoms with Crippen molar-refractivity contribution in [3.8, 4) is 0 Å². The van der Waals surface area contributed by atoms with Crippen molar-refractivity contribution in [2.75, 3.05) is 0 Å². The second-order valence-electron chi connectivity index (χ2n) is 5.19. The van der Waals surface area contributed by atoms with Gasteiger partial charge in [-0.05, 0) is 41.7 Å². The van der Waals surface area contributed by atoms with Crippen LogP contribution in [0.2, 0.25) is 0 Å². The minimum Gasteiger partial charge on any atom is -0.329 e. The van der Waals surface area contributed by atoms with Gasteiger partial charge in [0.15, 0.2) is 0 Å². The average Bonchev–Trinajstić information content (AvgIpc) is 2.19. The fourth-order valence-electron chi connectivity index (χ4n) is 2.66. The highest BCUT2D eigenvalue weighted by Gasteiger charge is 2.31. The first-order chi connectivity index (χ1) is 7.04. The maximum atomic E-state index is 11.4. The molecule has 2 rings (SSSR count). The molecule has 15 heavy (non-hydrogen) atoms. The molecule has 1 N–H and O–H groups in total. The summed E-state index contributed by atoms with van der Waals surface area (Å²) in [5, 5.41) is 0. The first-order valence-electron chi connectivity index (χ1n) is 5.77. The number of hydrogen-bond donors (Lipinski definition) is 1. The van der Waals surface area contributed by atoms with Gasteiger partial charge in [-0.3, -0.25) is 4.79 Å². The molecule has 0 spiro atoms. The molecule has 0 aromatic carbocycles. The number of fused-ring (bicyclic) bond motifs is 1. The van der Waals surface area contributed by atoms with Gasteiger partial charge >= 0.3 is 0 Å². The van der Waals surface area contributed by atoms with Crippen LogP contribution < -0.4 is 5.56 Å². The van der Waals surface area contributed by atoms with Gasteiger partial charge in [0.05, 0.1) is 0 Å². The van der Waals surface area contributed by atoms with Gasteiger partial charge in [0, 0.05) is 12.3 Å². The maximum absolute atomic E-state index is 11.4. The molecule has 0 aliphatic heterocycles. The number of H-pyrrole nitrogens is 1. The molecule has 0 saturated heterocycles. The molecule has 0 amide bonds. The Morgan fingerprint density at radius 3 is 2.93 bits per heavy atom. The van der Waals surface area contributed by atoms with E-state index < -0.39 is 0 Å². The third-order valence-corrected chi connectivity index (χ3v) is 3.74. The molecule has 0 radical (unpaired) electrons. The molecule has 1 aliphatic carbocycles. The van der Waals surface area contributed by atoms with Crippen LogP contribution in [-0.2, 0) is 5.41 Å². The van der Waals surface area contributed by atoms with Gasteiger partial charge in [-0.15, -0.1) is 0 Å². The van der Waals surface area contributed by atoms with E-state index in [1.54, 1.807) is 6.07 Å². The zero-order valence-corrected chi connectivity index (χ0v) is 9.76. The van der Waals surface area contributed by atoms with E-state index in [9.17, 15) is 4.79 Å². The van der Waals surface area contributed by atoms with Gasteiger partial charge in [0.25, 0.3) is 0 Å². The standard InChI is InChI=1S/C13H19NO/c1-4-9-5-6-13(2,3)11-7-12(15)14-8-10(9)11/h7-9H,4-6H2,1-3H3,(H,14,15). The van der Waals surface area contributed by atoms with E-state index in [0.29, 0.717) is 5.92 Å². The lowest BCUT2D eigenvalue weighted by molar-refractivity contribution is 0.385. The first-order valence-corrected chi connectivity index (χ1v) is 5.77. The van der Waals surface area contributed by atoms with Crippen molar-refractivity contribution in [3.63, 3.8) is 0 Å². The van der Waals surface area contributed by atoms with E-state index in [1.165, 1.54) is 24.0 Å². The predicted molar refractivity (Wildman–Crippen MR) is 62.4 cm³/mol. The zero-order chi connectivity index (χ0) is 11.1. The van der Waals surface area contributed by atoms with Gasteiger partial charge in [0.1, 0.15) is 0 Å². The van der Waals surface area contributed by atoms with Gasteiger partial charge < -0.3 is 4.98 Å². The molecule has 1 unspecified atom stereocenters. The van der Waals surface area contributed by atoms with Gasteiger partial charge in [-0.25, -0.2) is 0 Å². The fraction of sp³-hybridized carbons (Fsp3) is 0.615. The van der Waals surface area contributed by atoms with Crippen molar-refractivity contribution in [3.05, 3.63) is 33.7 Å². The van der Waals surface area contributed by atoms with E-state index in [1.807, 2.05) is 6.20 Å². The Morgan fingerprint density at radius 2 is 2.27 bits per heavy atom.